The first-order valence-corrected chi connectivity index (χ1v) is 24.2. The molecule has 0 N–H and O–H groups in total. The van der Waals surface area contributed by atoms with Crippen molar-refractivity contribution in [3.8, 4) is 55.9 Å². The van der Waals surface area contributed by atoms with Gasteiger partial charge < -0.3 is 13.6 Å². The summed E-state index contributed by atoms with van der Waals surface area (Å²) in [6.45, 7) is 24.1. The van der Waals surface area contributed by atoms with E-state index in [-0.39, 0.29) is 20.1 Å². The van der Waals surface area contributed by atoms with Gasteiger partial charge in [0.1, 0.15) is 5.58 Å². The molecule has 0 aliphatic heterocycles. The molecule has 5 aromatic carbocycles. The van der Waals surface area contributed by atoms with Crippen molar-refractivity contribution in [3.63, 3.8) is 0 Å². The van der Waals surface area contributed by atoms with Crippen molar-refractivity contribution in [2.45, 2.75) is 47.3 Å². The summed E-state index contributed by atoms with van der Waals surface area (Å²) in [5, 5.41) is 3.58. The molecule has 0 bridgehead atoms. The Morgan fingerprint density at radius 3 is 1.68 bits per heavy atom. The van der Waals surface area contributed by atoms with Crippen LogP contribution in [0, 0.1) is 55.6 Å². The number of furan rings is 1. The second-order valence-corrected chi connectivity index (χ2v) is 22.3. The minimum Gasteiger partial charge on any atom is -0.469 e. The molecular weight excluding hydrogens is 951 g/mol. The zero-order valence-corrected chi connectivity index (χ0v) is 40.2. The first-order valence-electron chi connectivity index (χ1n) is 20.7. The van der Waals surface area contributed by atoms with Gasteiger partial charge in [-0.1, -0.05) is 126 Å². The van der Waals surface area contributed by atoms with Crippen LogP contribution < -0.4 is 14.3 Å². The third-order valence-electron chi connectivity index (χ3n) is 11.5. The second kappa shape index (κ2) is 17.6. The first kappa shape index (κ1) is 43.8. The van der Waals surface area contributed by atoms with Gasteiger partial charge in [0.25, 0.3) is 0 Å². The molecule has 4 aromatic heterocycles. The van der Waals surface area contributed by atoms with Gasteiger partial charge in [0, 0.05) is 56.4 Å². The molecule has 0 fully saturated rings. The zero-order chi connectivity index (χ0) is 43.2. The number of aromatic nitrogens is 3. The summed E-state index contributed by atoms with van der Waals surface area (Å²) in [4.78, 5) is 4.50. The van der Waals surface area contributed by atoms with Gasteiger partial charge in [-0.3, -0.25) is 4.98 Å². The maximum absolute atomic E-state index is 6.30. The van der Waals surface area contributed by atoms with Crippen molar-refractivity contribution in [1.29, 1.82) is 0 Å². The van der Waals surface area contributed by atoms with Crippen molar-refractivity contribution >= 4 is 35.2 Å². The summed E-state index contributed by atoms with van der Waals surface area (Å²) in [5.74, 6) is 0. The van der Waals surface area contributed by atoms with Crippen molar-refractivity contribution < 1.29 is 33.7 Å². The summed E-state index contributed by atoms with van der Waals surface area (Å²) < 4.78 is 10.2. The van der Waals surface area contributed by atoms with Gasteiger partial charge in [-0.2, -0.15) is 31.0 Å². The standard InChI is InChI=1S/C33H27N2O.C23H26NSi.Ir/c1-20-13-31(35(5)19-30(20)24-9-7-6-8-10-24)28-18-29-27-12-11-25(26-15-22(3)34-23(4)16-26)17-33(27)36-32(29)14-21(28)2;1-17-15-22(18(2)14-21(17)19-10-8-7-9-11-19)23-13-12-20(16-24(23)3)25(4,5)6;/h6-19H,2,5H2,1,3-4H3;7-16H,2-3H2,1,4-6H3;/q2*-1;. The predicted octanol–water partition coefficient (Wildman–Crippen LogP) is 13.0. The average Bonchev–Trinajstić information content (AvgIpc) is 3.58. The number of fused-ring (bicyclic) bond motifs is 3. The molecular formula is C56H53IrN3OSi-2. The largest absolute Gasteiger partial charge is 0.469 e. The van der Waals surface area contributed by atoms with E-state index in [0.717, 1.165) is 78.1 Å². The van der Waals surface area contributed by atoms with E-state index >= 15 is 0 Å². The molecule has 9 aromatic rings. The van der Waals surface area contributed by atoms with Crippen LogP contribution in [0.5, 0.6) is 0 Å². The van der Waals surface area contributed by atoms with Crippen molar-refractivity contribution in [2.24, 2.45) is 0 Å². The Balaban J connectivity index is 0.000000196. The van der Waals surface area contributed by atoms with Crippen LogP contribution in [-0.4, -0.2) is 13.1 Å². The summed E-state index contributed by atoms with van der Waals surface area (Å²) in [6, 6.07) is 46.8. The number of aryl methyl sites for hydroxylation is 4. The van der Waals surface area contributed by atoms with Gasteiger partial charge in [-0.25, -0.2) is 0 Å². The van der Waals surface area contributed by atoms with E-state index in [1.54, 1.807) is 0 Å². The predicted molar refractivity (Wildman–Crippen MR) is 258 cm³/mol. The number of hydrogen-bond acceptors (Lipinski definition) is 2. The van der Waals surface area contributed by atoms with Crippen molar-refractivity contribution in [1.82, 2.24) is 4.98 Å². The van der Waals surface area contributed by atoms with Crippen LogP contribution in [0.2, 0.25) is 19.6 Å². The molecule has 313 valence electrons. The van der Waals surface area contributed by atoms with E-state index in [4.69, 9.17) is 4.42 Å². The van der Waals surface area contributed by atoms with E-state index < -0.39 is 8.07 Å². The monoisotopic (exact) mass is 1000 g/mol. The van der Waals surface area contributed by atoms with Gasteiger partial charge in [0.2, 0.25) is 0 Å². The SMILES string of the molecule is [CH2-]c1cc(-c2ccccc2)c(C)cc1-c1ccc([Si](C)(C)C)c[n+]1[CH2-].[CH2-]c1cc2oc3cc(-c4cc(C)nc(C)c4)ccc3c2cc1-c1cc(C)c(-c2ccccc2)c[n+]1[CH2-].[Ir]. The molecule has 9 rings (SSSR count). The van der Waals surface area contributed by atoms with E-state index in [9.17, 15) is 0 Å². The van der Waals surface area contributed by atoms with E-state index in [1.807, 2.05) is 41.2 Å². The molecule has 0 aliphatic carbocycles. The molecule has 62 heavy (non-hydrogen) atoms. The third-order valence-corrected chi connectivity index (χ3v) is 13.6. The number of nitrogens with zero attached hydrogens (tertiary/aromatic N) is 3. The van der Waals surface area contributed by atoms with Crippen LogP contribution in [0.3, 0.4) is 0 Å². The maximum Gasteiger partial charge on any atom is 0.134 e. The fourth-order valence-corrected chi connectivity index (χ4v) is 9.41. The van der Waals surface area contributed by atoms with Gasteiger partial charge in [-0.05, 0) is 79.8 Å². The summed E-state index contributed by atoms with van der Waals surface area (Å²) in [6.07, 6.45) is 4.28. The fraction of sp³-hybridized carbons (Fsp3) is 0.125. The Labute approximate surface area is 382 Å². The molecule has 0 aliphatic rings. The molecule has 0 spiro atoms. The van der Waals surface area contributed by atoms with E-state index in [2.05, 4.69) is 194 Å². The molecule has 0 atom stereocenters. The normalized spacial score (nSPS) is 11.3. The molecule has 0 unspecified atom stereocenters. The second-order valence-electron chi connectivity index (χ2n) is 17.3. The summed E-state index contributed by atoms with van der Waals surface area (Å²) in [5.41, 5.74) is 19.5. The quantitative estimate of drug-likeness (QED) is 0.0945. The Hall–Kier alpha value is -6.30. The van der Waals surface area contributed by atoms with Gasteiger partial charge >= 0.3 is 0 Å². The van der Waals surface area contributed by atoms with Gasteiger partial charge in [0.05, 0.1) is 37.4 Å². The molecule has 4 nitrogen and oxygen atoms in total. The average molecular weight is 1000 g/mol. The smallest absolute Gasteiger partial charge is 0.134 e. The van der Waals surface area contributed by atoms with E-state index in [0.29, 0.717) is 0 Å². The van der Waals surface area contributed by atoms with E-state index in [1.165, 1.54) is 38.6 Å². The molecule has 4 heterocycles. The first-order chi connectivity index (χ1) is 29.1. The zero-order valence-electron chi connectivity index (χ0n) is 36.8. The van der Waals surface area contributed by atoms with Crippen molar-refractivity contribution in [2.75, 3.05) is 0 Å². The van der Waals surface area contributed by atoms with Crippen LogP contribution in [0.25, 0.3) is 77.8 Å². The number of benzene rings is 5. The molecule has 6 heteroatoms. The number of pyridine rings is 3. The number of rotatable bonds is 6. The Morgan fingerprint density at radius 2 is 1.05 bits per heavy atom. The minimum absolute atomic E-state index is 0. The summed E-state index contributed by atoms with van der Waals surface area (Å²) in [7, 11) is 7.21. The minimum atomic E-state index is -1.34. The van der Waals surface area contributed by atoms with Crippen LogP contribution in [0.4, 0.5) is 0 Å². The molecule has 1 radical (unpaired) electrons. The Morgan fingerprint density at radius 1 is 0.484 bits per heavy atom. The number of hydrogen-bond donors (Lipinski definition) is 0. The van der Waals surface area contributed by atoms with Crippen LogP contribution in [0.1, 0.15) is 33.6 Å². The Kier molecular flexibility index (Phi) is 12.4. The third kappa shape index (κ3) is 8.86. The van der Waals surface area contributed by atoms with Gasteiger partial charge in [0.15, 0.2) is 0 Å². The topological polar surface area (TPSA) is 33.8 Å². The summed E-state index contributed by atoms with van der Waals surface area (Å²) >= 11 is 0. The van der Waals surface area contributed by atoms with Crippen LogP contribution >= 0.6 is 0 Å². The molecule has 0 saturated heterocycles. The molecule has 0 amide bonds. The van der Waals surface area contributed by atoms with Gasteiger partial charge in [-0.15, -0.1) is 29.3 Å². The fourth-order valence-electron chi connectivity index (χ4n) is 8.28. The van der Waals surface area contributed by atoms with Crippen LogP contribution in [0.15, 0.2) is 150 Å². The van der Waals surface area contributed by atoms with Crippen molar-refractivity contribution in [3.05, 3.63) is 207 Å². The molecule has 0 saturated carbocycles. The van der Waals surface area contributed by atoms with Crippen LogP contribution in [-0.2, 0) is 20.1 Å². The Bertz CT molecular complexity index is 3070. The maximum atomic E-state index is 6.30.